The van der Waals surface area contributed by atoms with E-state index in [9.17, 15) is 22.4 Å². The molecule has 4 nitrogen and oxygen atoms in total. The molecule has 0 aliphatic carbocycles. The molecular formula is C22H18ClF4N3OS. The summed E-state index contributed by atoms with van der Waals surface area (Å²) in [7, 11) is 0. The van der Waals surface area contributed by atoms with Gasteiger partial charge < -0.3 is 5.32 Å². The number of nitrogens with one attached hydrogen (secondary N) is 1. The van der Waals surface area contributed by atoms with Crippen molar-refractivity contribution in [2.45, 2.75) is 31.0 Å². The van der Waals surface area contributed by atoms with Gasteiger partial charge in [-0.05, 0) is 42.5 Å². The molecule has 168 valence electrons. The maximum absolute atomic E-state index is 13.9. The third-order valence-corrected chi connectivity index (χ3v) is 5.49. The van der Waals surface area contributed by atoms with Crippen LogP contribution in [0.4, 0.5) is 23.2 Å². The Morgan fingerprint density at radius 3 is 2.41 bits per heavy atom. The summed E-state index contributed by atoms with van der Waals surface area (Å²) >= 11 is 7.26. The van der Waals surface area contributed by atoms with Gasteiger partial charge >= 0.3 is 6.18 Å². The van der Waals surface area contributed by atoms with E-state index in [-0.39, 0.29) is 27.9 Å². The first kappa shape index (κ1) is 24.0. The van der Waals surface area contributed by atoms with E-state index in [1.807, 2.05) is 0 Å². The van der Waals surface area contributed by atoms with Gasteiger partial charge in [0.2, 0.25) is 0 Å². The van der Waals surface area contributed by atoms with Gasteiger partial charge in [-0.3, -0.25) is 4.79 Å². The number of benzene rings is 2. The number of amides is 1. The molecule has 0 fully saturated rings. The van der Waals surface area contributed by atoms with E-state index in [0.29, 0.717) is 22.5 Å². The van der Waals surface area contributed by atoms with Gasteiger partial charge in [-0.15, -0.1) is 11.8 Å². The van der Waals surface area contributed by atoms with E-state index < -0.39 is 23.5 Å². The number of halogens is 5. The number of rotatable bonds is 5. The van der Waals surface area contributed by atoms with Crippen molar-refractivity contribution in [1.29, 1.82) is 0 Å². The van der Waals surface area contributed by atoms with Crippen molar-refractivity contribution in [2.24, 2.45) is 0 Å². The van der Waals surface area contributed by atoms with E-state index in [4.69, 9.17) is 11.6 Å². The zero-order chi connectivity index (χ0) is 23.6. The second kappa shape index (κ2) is 9.46. The van der Waals surface area contributed by atoms with E-state index in [2.05, 4.69) is 15.3 Å². The lowest BCUT2D eigenvalue weighted by atomic mass is 10.0. The Labute approximate surface area is 191 Å². The first-order valence-corrected chi connectivity index (χ1v) is 11.0. The largest absolute Gasteiger partial charge is 0.416 e. The molecule has 3 rings (SSSR count). The van der Waals surface area contributed by atoms with Crippen LogP contribution in [-0.2, 0) is 6.18 Å². The Morgan fingerprint density at radius 1 is 1.12 bits per heavy atom. The van der Waals surface area contributed by atoms with Gasteiger partial charge in [0, 0.05) is 5.56 Å². The molecule has 0 unspecified atom stereocenters. The zero-order valence-electron chi connectivity index (χ0n) is 17.2. The van der Waals surface area contributed by atoms with Gasteiger partial charge in [0.25, 0.3) is 5.91 Å². The lowest BCUT2D eigenvalue weighted by molar-refractivity contribution is -0.137. The highest BCUT2D eigenvalue weighted by Crippen LogP contribution is 2.34. The minimum Gasteiger partial charge on any atom is -0.320 e. The van der Waals surface area contributed by atoms with Crippen LogP contribution in [0.25, 0.3) is 11.4 Å². The van der Waals surface area contributed by atoms with Crippen LogP contribution in [0.3, 0.4) is 0 Å². The van der Waals surface area contributed by atoms with Crippen LogP contribution in [-0.4, -0.2) is 22.1 Å². The fourth-order valence-electron chi connectivity index (χ4n) is 2.99. The standard InChI is InChI=1S/C22H18ClF4N3OS/c1-11(2)18-17(20(31)28-16-7-5-4-6-15(16)23)21(32-3)30-19(29-18)12-8-13(22(25,26)27)10-14(24)9-12/h4-11H,1-3H3,(H,28,31). The molecule has 32 heavy (non-hydrogen) atoms. The van der Waals surface area contributed by atoms with Crippen molar-refractivity contribution in [3.63, 3.8) is 0 Å². The van der Waals surface area contributed by atoms with Gasteiger partial charge in [0.1, 0.15) is 10.8 Å². The molecule has 0 aliphatic rings. The van der Waals surface area contributed by atoms with Crippen LogP contribution >= 0.6 is 23.4 Å². The highest BCUT2D eigenvalue weighted by atomic mass is 35.5. The minimum atomic E-state index is -4.73. The lowest BCUT2D eigenvalue weighted by Crippen LogP contribution is -2.19. The quantitative estimate of drug-likeness (QED) is 0.240. The Hall–Kier alpha value is -2.65. The number of anilines is 1. The summed E-state index contributed by atoms with van der Waals surface area (Å²) in [4.78, 5) is 21.7. The summed E-state index contributed by atoms with van der Waals surface area (Å²) in [6, 6.07) is 8.82. The number of hydrogen-bond acceptors (Lipinski definition) is 4. The number of nitrogens with zero attached hydrogens (tertiary/aromatic N) is 2. The van der Waals surface area contributed by atoms with E-state index >= 15 is 0 Å². The van der Waals surface area contributed by atoms with E-state index in [0.717, 1.165) is 23.9 Å². The number of thioether (sulfide) groups is 1. The normalized spacial score (nSPS) is 11.7. The van der Waals surface area contributed by atoms with Crippen molar-refractivity contribution in [2.75, 3.05) is 11.6 Å². The summed E-state index contributed by atoms with van der Waals surface area (Å²) in [6.07, 6.45) is -3.05. The molecule has 0 atom stereocenters. The first-order valence-electron chi connectivity index (χ1n) is 9.41. The van der Waals surface area contributed by atoms with Crippen molar-refractivity contribution in [3.8, 4) is 11.4 Å². The Bertz CT molecular complexity index is 1170. The molecule has 10 heteroatoms. The fraction of sp³-hybridized carbons (Fsp3) is 0.227. The monoisotopic (exact) mass is 483 g/mol. The molecule has 0 saturated heterocycles. The molecule has 0 aliphatic heterocycles. The molecule has 2 aromatic carbocycles. The Morgan fingerprint density at radius 2 is 1.81 bits per heavy atom. The van der Waals surface area contributed by atoms with Gasteiger partial charge in [-0.2, -0.15) is 13.2 Å². The van der Waals surface area contributed by atoms with Crippen LogP contribution in [0.2, 0.25) is 5.02 Å². The second-order valence-corrected chi connectivity index (χ2v) is 8.33. The minimum absolute atomic E-state index is 0.0997. The highest BCUT2D eigenvalue weighted by Gasteiger charge is 2.32. The average molecular weight is 484 g/mol. The first-order chi connectivity index (χ1) is 15.0. The predicted molar refractivity (Wildman–Crippen MR) is 118 cm³/mol. The number of hydrogen-bond donors (Lipinski definition) is 1. The van der Waals surface area contributed by atoms with Gasteiger partial charge in [0.05, 0.1) is 27.5 Å². The van der Waals surface area contributed by atoms with Crippen molar-refractivity contribution < 1.29 is 22.4 Å². The number of aromatic nitrogens is 2. The van der Waals surface area contributed by atoms with Crippen LogP contribution in [0.1, 0.15) is 41.4 Å². The fourth-order valence-corrected chi connectivity index (χ4v) is 3.76. The number of alkyl halides is 3. The van der Waals surface area contributed by atoms with Crippen molar-refractivity contribution in [1.82, 2.24) is 9.97 Å². The lowest BCUT2D eigenvalue weighted by Gasteiger charge is -2.17. The Kier molecular flexibility index (Phi) is 7.09. The molecule has 0 radical (unpaired) electrons. The molecule has 1 amide bonds. The molecule has 1 aromatic heterocycles. The van der Waals surface area contributed by atoms with Crippen LogP contribution < -0.4 is 5.32 Å². The van der Waals surface area contributed by atoms with Crippen LogP contribution in [0.15, 0.2) is 47.5 Å². The summed E-state index contributed by atoms with van der Waals surface area (Å²) in [5.74, 6) is -1.94. The van der Waals surface area contributed by atoms with E-state index in [1.54, 1.807) is 44.4 Å². The summed E-state index contributed by atoms with van der Waals surface area (Å²) in [5, 5.41) is 3.31. The van der Waals surface area contributed by atoms with Crippen molar-refractivity contribution in [3.05, 3.63) is 70.1 Å². The van der Waals surface area contributed by atoms with Crippen LogP contribution in [0, 0.1) is 5.82 Å². The summed E-state index contributed by atoms with van der Waals surface area (Å²) in [6.45, 7) is 3.57. The van der Waals surface area contributed by atoms with Gasteiger partial charge in [-0.1, -0.05) is 37.6 Å². The zero-order valence-corrected chi connectivity index (χ0v) is 18.8. The maximum atomic E-state index is 13.9. The molecule has 1 heterocycles. The predicted octanol–water partition coefficient (Wildman–Crippen LogP) is 7.05. The SMILES string of the molecule is CSc1nc(-c2cc(F)cc(C(F)(F)F)c2)nc(C(C)C)c1C(=O)Nc1ccccc1Cl. The number of carbonyl (C=O) groups excluding carboxylic acids is 1. The number of carbonyl (C=O) groups is 1. The third-order valence-electron chi connectivity index (χ3n) is 4.48. The van der Waals surface area contributed by atoms with Gasteiger partial charge in [-0.25, -0.2) is 14.4 Å². The van der Waals surface area contributed by atoms with Gasteiger partial charge in [0.15, 0.2) is 5.82 Å². The van der Waals surface area contributed by atoms with Crippen LogP contribution in [0.5, 0.6) is 0 Å². The van der Waals surface area contributed by atoms with E-state index in [1.165, 1.54) is 0 Å². The summed E-state index contributed by atoms with van der Waals surface area (Å²) in [5.41, 5.74) is -0.378. The molecule has 1 N–H and O–H groups in total. The second-order valence-electron chi connectivity index (χ2n) is 7.13. The average Bonchev–Trinajstić information content (AvgIpc) is 2.73. The Balaban J connectivity index is 2.14. The number of para-hydroxylation sites is 1. The molecule has 0 spiro atoms. The summed E-state index contributed by atoms with van der Waals surface area (Å²) < 4.78 is 53.4. The topological polar surface area (TPSA) is 54.9 Å². The third kappa shape index (κ3) is 5.21. The van der Waals surface area contributed by atoms with Crippen molar-refractivity contribution >= 4 is 35.0 Å². The maximum Gasteiger partial charge on any atom is 0.416 e. The molecule has 3 aromatic rings. The molecule has 0 saturated carbocycles. The molecular weight excluding hydrogens is 466 g/mol. The smallest absolute Gasteiger partial charge is 0.320 e. The highest BCUT2D eigenvalue weighted by molar-refractivity contribution is 7.98. The molecule has 0 bridgehead atoms.